The fourth-order valence-corrected chi connectivity index (χ4v) is 3.15. The number of hydrogen-bond donors (Lipinski definition) is 2. The van der Waals surface area contributed by atoms with Crippen molar-refractivity contribution in [3.05, 3.63) is 34.7 Å². The van der Waals surface area contributed by atoms with Gasteiger partial charge in [-0.25, -0.2) is 9.78 Å². The number of hydrogen-bond acceptors (Lipinski definition) is 5. The zero-order valence-corrected chi connectivity index (χ0v) is 13.5. The molecular weight excluding hydrogens is 314 g/mol. The predicted molar refractivity (Wildman–Crippen MR) is 88.7 cm³/mol. The lowest BCUT2D eigenvalue weighted by Crippen LogP contribution is -2.46. The average molecular weight is 333 g/mol. The maximum Gasteiger partial charge on any atom is 0.317 e. The zero-order valence-electron chi connectivity index (χ0n) is 12.7. The molecule has 0 bridgehead atoms. The first-order valence-corrected chi connectivity index (χ1v) is 8.44. The van der Waals surface area contributed by atoms with Gasteiger partial charge in [-0.1, -0.05) is 0 Å². The van der Waals surface area contributed by atoms with Gasteiger partial charge >= 0.3 is 6.03 Å². The number of nitrogens with zero attached hydrogens (tertiary/aromatic N) is 2. The van der Waals surface area contributed by atoms with Crippen LogP contribution < -0.4 is 5.32 Å². The lowest BCUT2D eigenvalue weighted by atomic mass is 10.2. The number of rotatable bonds is 4. The molecule has 6 nitrogen and oxygen atoms in total. The third-order valence-corrected chi connectivity index (χ3v) is 4.54. The van der Waals surface area contributed by atoms with Crippen molar-refractivity contribution in [2.75, 3.05) is 32.8 Å². The molecule has 122 valence electrons. The maximum atomic E-state index is 12.0. The molecule has 1 aliphatic heterocycles. The number of aromatic hydroxyl groups is 1. The van der Waals surface area contributed by atoms with Gasteiger partial charge in [0.15, 0.2) is 0 Å². The van der Waals surface area contributed by atoms with E-state index in [2.05, 4.69) is 10.3 Å². The monoisotopic (exact) mass is 333 g/mol. The summed E-state index contributed by atoms with van der Waals surface area (Å²) in [5, 5.41) is 15.2. The predicted octanol–water partition coefficient (Wildman–Crippen LogP) is 2.10. The molecule has 1 aromatic heterocycles. The van der Waals surface area contributed by atoms with Gasteiger partial charge in [0.1, 0.15) is 5.75 Å². The maximum absolute atomic E-state index is 12.0. The molecule has 0 atom stereocenters. The van der Waals surface area contributed by atoms with Crippen molar-refractivity contribution in [2.24, 2.45) is 0 Å². The topological polar surface area (TPSA) is 74.7 Å². The summed E-state index contributed by atoms with van der Waals surface area (Å²) in [6, 6.07) is 6.94. The Bertz CT molecular complexity index is 651. The van der Waals surface area contributed by atoms with E-state index in [0.717, 1.165) is 16.3 Å². The lowest BCUT2D eigenvalue weighted by Gasteiger charge is -2.26. The molecule has 0 aliphatic carbocycles. The molecule has 2 heterocycles. The number of morpholine rings is 1. The highest BCUT2D eigenvalue weighted by atomic mass is 32.1. The van der Waals surface area contributed by atoms with E-state index in [0.29, 0.717) is 39.3 Å². The van der Waals surface area contributed by atoms with Crippen LogP contribution in [-0.4, -0.2) is 53.9 Å². The molecule has 3 rings (SSSR count). The summed E-state index contributed by atoms with van der Waals surface area (Å²) in [7, 11) is 0. The summed E-state index contributed by atoms with van der Waals surface area (Å²) in [5.74, 6) is 0.245. The van der Waals surface area contributed by atoms with Gasteiger partial charge < -0.3 is 20.1 Å². The first-order valence-electron chi connectivity index (χ1n) is 7.57. The Balaban J connectivity index is 1.49. The van der Waals surface area contributed by atoms with Crippen LogP contribution in [0.25, 0.3) is 11.3 Å². The van der Waals surface area contributed by atoms with Crippen molar-refractivity contribution >= 4 is 17.4 Å². The molecule has 2 aromatic rings. The molecule has 0 saturated carbocycles. The summed E-state index contributed by atoms with van der Waals surface area (Å²) in [6.07, 6.45) is 0.707. The van der Waals surface area contributed by atoms with Crippen LogP contribution in [0.5, 0.6) is 5.75 Å². The van der Waals surface area contributed by atoms with E-state index < -0.39 is 0 Å². The third kappa shape index (κ3) is 4.20. The quantitative estimate of drug-likeness (QED) is 0.898. The van der Waals surface area contributed by atoms with Crippen LogP contribution >= 0.6 is 11.3 Å². The minimum absolute atomic E-state index is 0.0383. The molecule has 0 spiro atoms. The average Bonchev–Trinajstić information content (AvgIpc) is 3.05. The van der Waals surface area contributed by atoms with Gasteiger partial charge in [0.2, 0.25) is 0 Å². The molecule has 1 saturated heterocycles. The highest BCUT2D eigenvalue weighted by molar-refractivity contribution is 7.09. The van der Waals surface area contributed by atoms with Gasteiger partial charge in [0.25, 0.3) is 0 Å². The van der Waals surface area contributed by atoms with E-state index in [1.807, 2.05) is 17.5 Å². The largest absolute Gasteiger partial charge is 0.508 e. The van der Waals surface area contributed by atoms with Crippen LogP contribution in [0.1, 0.15) is 5.01 Å². The second-order valence-corrected chi connectivity index (χ2v) is 6.20. The summed E-state index contributed by atoms with van der Waals surface area (Å²) >= 11 is 1.58. The Hall–Kier alpha value is -2.12. The minimum atomic E-state index is -0.0383. The van der Waals surface area contributed by atoms with Gasteiger partial charge in [-0.05, 0) is 24.3 Å². The van der Waals surface area contributed by atoms with Crippen molar-refractivity contribution in [2.45, 2.75) is 6.42 Å². The molecule has 2 N–H and O–H groups in total. The second-order valence-electron chi connectivity index (χ2n) is 5.25. The highest BCUT2D eigenvalue weighted by Crippen LogP contribution is 2.23. The third-order valence-electron chi connectivity index (χ3n) is 3.63. The van der Waals surface area contributed by atoms with Crippen LogP contribution in [0.2, 0.25) is 0 Å². The van der Waals surface area contributed by atoms with Crippen molar-refractivity contribution in [1.29, 1.82) is 0 Å². The van der Waals surface area contributed by atoms with Gasteiger partial charge in [-0.15, -0.1) is 11.3 Å². The van der Waals surface area contributed by atoms with Crippen LogP contribution in [0.4, 0.5) is 4.79 Å². The van der Waals surface area contributed by atoms with Gasteiger partial charge in [0, 0.05) is 37.0 Å². The molecular formula is C16H19N3O3S. The van der Waals surface area contributed by atoms with Crippen molar-refractivity contribution in [3.63, 3.8) is 0 Å². The number of nitrogens with one attached hydrogen (secondary N) is 1. The number of amides is 2. The first kappa shape index (κ1) is 15.8. The SMILES string of the molecule is O=C(NCCc1nc(-c2ccc(O)cc2)cs1)N1CCOCC1. The Labute approximate surface area is 138 Å². The number of phenolic OH excluding ortho intramolecular Hbond substituents is 1. The van der Waals surface area contributed by atoms with Gasteiger partial charge in [0.05, 0.1) is 23.9 Å². The number of phenols is 1. The zero-order chi connectivity index (χ0) is 16.1. The normalized spacial score (nSPS) is 14.7. The number of urea groups is 1. The number of carbonyl (C=O) groups is 1. The number of aromatic nitrogens is 1. The smallest absolute Gasteiger partial charge is 0.317 e. The van der Waals surface area contributed by atoms with E-state index in [1.165, 1.54) is 0 Å². The summed E-state index contributed by atoms with van der Waals surface area (Å²) in [4.78, 5) is 18.3. The molecule has 0 radical (unpaired) electrons. The van der Waals surface area contributed by atoms with Crippen LogP contribution in [0.15, 0.2) is 29.6 Å². The molecule has 2 amide bonds. The van der Waals surface area contributed by atoms with E-state index in [9.17, 15) is 9.90 Å². The van der Waals surface area contributed by atoms with E-state index >= 15 is 0 Å². The molecule has 7 heteroatoms. The molecule has 1 aliphatic rings. The first-order chi connectivity index (χ1) is 11.2. The molecule has 23 heavy (non-hydrogen) atoms. The van der Waals surface area contributed by atoms with Crippen molar-refractivity contribution in [3.8, 4) is 17.0 Å². The fraction of sp³-hybridized carbons (Fsp3) is 0.375. The Morgan fingerprint density at radius 3 is 2.78 bits per heavy atom. The fourth-order valence-electron chi connectivity index (χ4n) is 2.35. The summed E-state index contributed by atoms with van der Waals surface area (Å²) in [6.45, 7) is 3.08. The number of carbonyl (C=O) groups excluding carboxylic acids is 1. The van der Waals surface area contributed by atoms with E-state index in [1.54, 1.807) is 28.4 Å². The Morgan fingerprint density at radius 1 is 1.30 bits per heavy atom. The lowest BCUT2D eigenvalue weighted by molar-refractivity contribution is 0.0533. The summed E-state index contributed by atoms with van der Waals surface area (Å²) in [5.41, 5.74) is 1.87. The van der Waals surface area contributed by atoms with Crippen LogP contribution in [0.3, 0.4) is 0 Å². The molecule has 0 unspecified atom stereocenters. The Morgan fingerprint density at radius 2 is 2.04 bits per heavy atom. The van der Waals surface area contributed by atoms with Crippen LogP contribution in [0, 0.1) is 0 Å². The number of benzene rings is 1. The minimum Gasteiger partial charge on any atom is -0.508 e. The van der Waals surface area contributed by atoms with E-state index in [-0.39, 0.29) is 11.8 Å². The van der Waals surface area contributed by atoms with E-state index in [4.69, 9.17) is 4.74 Å². The standard InChI is InChI=1S/C16H19N3O3S/c20-13-3-1-12(2-4-13)14-11-23-15(18-14)5-6-17-16(21)19-7-9-22-10-8-19/h1-4,11,20H,5-10H2,(H,17,21). The number of ether oxygens (including phenoxy) is 1. The molecule has 1 aromatic carbocycles. The van der Waals surface area contributed by atoms with Crippen LogP contribution in [-0.2, 0) is 11.2 Å². The molecule has 1 fully saturated rings. The highest BCUT2D eigenvalue weighted by Gasteiger charge is 2.16. The van der Waals surface area contributed by atoms with Gasteiger partial charge in [-0.3, -0.25) is 0 Å². The summed E-state index contributed by atoms with van der Waals surface area (Å²) < 4.78 is 5.23. The van der Waals surface area contributed by atoms with Crippen molar-refractivity contribution in [1.82, 2.24) is 15.2 Å². The second kappa shape index (κ2) is 7.43. The number of thiazole rings is 1. The van der Waals surface area contributed by atoms with Gasteiger partial charge in [-0.2, -0.15) is 0 Å². The van der Waals surface area contributed by atoms with Crippen molar-refractivity contribution < 1.29 is 14.6 Å². The Kier molecular flexibility index (Phi) is 5.09.